The van der Waals surface area contributed by atoms with Crippen LogP contribution in [-0.2, 0) is 14.3 Å². The second-order valence-electron chi connectivity index (χ2n) is 6.30. The number of benzene rings is 2. The highest BCUT2D eigenvalue weighted by atomic mass is 16.5. The summed E-state index contributed by atoms with van der Waals surface area (Å²) < 4.78 is 5.29. The minimum atomic E-state index is -0.363. The number of hydrogen-bond acceptors (Lipinski definition) is 3. The van der Waals surface area contributed by atoms with Crippen LogP contribution in [0, 0.1) is 12.8 Å². The van der Waals surface area contributed by atoms with E-state index in [1.807, 2.05) is 75.4 Å². The summed E-state index contributed by atoms with van der Waals surface area (Å²) in [5, 5.41) is 2.73. The normalized spacial score (nSPS) is 12.9. The van der Waals surface area contributed by atoms with Gasteiger partial charge < -0.3 is 10.1 Å². The van der Waals surface area contributed by atoms with Crippen LogP contribution in [0.4, 0.5) is 5.69 Å². The molecule has 0 bridgehead atoms. The molecule has 4 heteroatoms. The molecule has 0 aliphatic heterocycles. The molecule has 0 spiro atoms. The molecule has 2 atom stereocenters. The van der Waals surface area contributed by atoms with Gasteiger partial charge in [0.2, 0.25) is 0 Å². The molecular weight excluding hydrogens is 314 g/mol. The Balaban J connectivity index is 1.96. The topological polar surface area (TPSA) is 55.4 Å². The first kappa shape index (κ1) is 18.7. The van der Waals surface area contributed by atoms with E-state index in [9.17, 15) is 9.59 Å². The summed E-state index contributed by atoms with van der Waals surface area (Å²) in [4.78, 5) is 24.6. The van der Waals surface area contributed by atoms with E-state index in [-0.39, 0.29) is 30.3 Å². The van der Waals surface area contributed by atoms with Crippen molar-refractivity contribution in [3.05, 3.63) is 65.7 Å². The van der Waals surface area contributed by atoms with Gasteiger partial charge in [0.05, 0.1) is 5.92 Å². The third kappa shape index (κ3) is 5.45. The molecule has 0 saturated carbocycles. The van der Waals surface area contributed by atoms with Crippen molar-refractivity contribution in [2.75, 3.05) is 11.9 Å². The van der Waals surface area contributed by atoms with Gasteiger partial charge in [-0.05, 0) is 30.5 Å². The Hall–Kier alpha value is -2.62. The number of esters is 1. The van der Waals surface area contributed by atoms with Crippen LogP contribution in [0.3, 0.4) is 0 Å². The number of nitrogens with one attached hydrogen (secondary N) is 1. The standard InChI is InChI=1S/C21H25NO3/c1-4-16(3)20(17-8-6-5-7-9-17)21(24)25-14-19(23)22-18-12-10-15(2)11-13-18/h5-13,16,20H,4,14H2,1-3H3,(H,22,23). The number of amides is 1. The molecular formula is C21H25NO3. The van der Waals surface area contributed by atoms with Crippen molar-refractivity contribution in [1.82, 2.24) is 0 Å². The molecule has 1 N–H and O–H groups in total. The van der Waals surface area contributed by atoms with Gasteiger partial charge in [0.15, 0.2) is 6.61 Å². The van der Waals surface area contributed by atoms with Crippen LogP contribution in [0.5, 0.6) is 0 Å². The van der Waals surface area contributed by atoms with E-state index in [1.54, 1.807) is 0 Å². The van der Waals surface area contributed by atoms with Gasteiger partial charge in [-0.2, -0.15) is 0 Å². The largest absolute Gasteiger partial charge is 0.455 e. The molecule has 0 saturated heterocycles. The van der Waals surface area contributed by atoms with Gasteiger partial charge in [-0.1, -0.05) is 68.3 Å². The SMILES string of the molecule is CCC(C)C(C(=O)OCC(=O)Nc1ccc(C)cc1)c1ccccc1. The molecule has 2 aromatic rings. The monoisotopic (exact) mass is 339 g/mol. The fourth-order valence-electron chi connectivity index (χ4n) is 2.65. The minimum absolute atomic E-state index is 0.134. The van der Waals surface area contributed by atoms with Gasteiger partial charge in [0.25, 0.3) is 5.91 Å². The summed E-state index contributed by atoms with van der Waals surface area (Å²) in [6, 6.07) is 17.0. The fraction of sp³-hybridized carbons (Fsp3) is 0.333. The molecule has 0 aliphatic rings. The van der Waals surface area contributed by atoms with E-state index in [4.69, 9.17) is 4.74 Å². The van der Waals surface area contributed by atoms with Crippen LogP contribution >= 0.6 is 0 Å². The molecule has 2 aromatic carbocycles. The van der Waals surface area contributed by atoms with Crippen molar-refractivity contribution in [3.63, 3.8) is 0 Å². The van der Waals surface area contributed by atoms with Crippen molar-refractivity contribution in [1.29, 1.82) is 0 Å². The molecule has 132 valence electrons. The number of anilines is 1. The van der Waals surface area contributed by atoms with Crippen LogP contribution in [-0.4, -0.2) is 18.5 Å². The maximum absolute atomic E-state index is 12.5. The lowest BCUT2D eigenvalue weighted by Gasteiger charge is -2.21. The molecule has 0 radical (unpaired) electrons. The van der Waals surface area contributed by atoms with E-state index in [0.29, 0.717) is 5.69 Å². The third-order valence-corrected chi connectivity index (χ3v) is 4.31. The zero-order valence-electron chi connectivity index (χ0n) is 15.0. The Labute approximate surface area is 149 Å². The first-order valence-electron chi connectivity index (χ1n) is 8.59. The van der Waals surface area contributed by atoms with Gasteiger partial charge in [0, 0.05) is 5.69 Å². The molecule has 2 rings (SSSR count). The van der Waals surface area contributed by atoms with Crippen molar-refractivity contribution in [2.45, 2.75) is 33.1 Å². The zero-order chi connectivity index (χ0) is 18.2. The molecule has 0 heterocycles. The molecule has 2 unspecified atom stereocenters. The fourth-order valence-corrected chi connectivity index (χ4v) is 2.65. The molecule has 0 aromatic heterocycles. The highest BCUT2D eigenvalue weighted by molar-refractivity contribution is 5.93. The lowest BCUT2D eigenvalue weighted by molar-refractivity contribution is -0.150. The third-order valence-electron chi connectivity index (χ3n) is 4.31. The number of hydrogen-bond donors (Lipinski definition) is 1. The first-order valence-corrected chi connectivity index (χ1v) is 8.59. The van der Waals surface area contributed by atoms with Crippen LogP contribution in [0.1, 0.15) is 37.3 Å². The van der Waals surface area contributed by atoms with Crippen LogP contribution in [0.25, 0.3) is 0 Å². The average Bonchev–Trinajstić information content (AvgIpc) is 2.63. The first-order chi connectivity index (χ1) is 12.0. The maximum atomic E-state index is 12.5. The van der Waals surface area contributed by atoms with Crippen molar-refractivity contribution in [2.24, 2.45) is 5.92 Å². The van der Waals surface area contributed by atoms with Crippen molar-refractivity contribution < 1.29 is 14.3 Å². The summed E-state index contributed by atoms with van der Waals surface area (Å²) in [6.45, 7) is 5.75. The average molecular weight is 339 g/mol. The maximum Gasteiger partial charge on any atom is 0.314 e. The Morgan fingerprint density at radius 2 is 1.68 bits per heavy atom. The molecule has 0 fully saturated rings. The number of ether oxygens (including phenoxy) is 1. The summed E-state index contributed by atoms with van der Waals surface area (Å²) in [5.74, 6) is -0.929. The van der Waals surface area contributed by atoms with Gasteiger partial charge in [-0.15, -0.1) is 0 Å². The second kappa shape index (κ2) is 9.02. The highest BCUT2D eigenvalue weighted by Crippen LogP contribution is 2.28. The van der Waals surface area contributed by atoms with E-state index in [1.165, 1.54) is 0 Å². The predicted octanol–water partition coefficient (Wildman–Crippen LogP) is 4.31. The Morgan fingerprint density at radius 1 is 1.04 bits per heavy atom. The number of carbonyl (C=O) groups is 2. The van der Waals surface area contributed by atoms with Gasteiger partial charge in [-0.3, -0.25) is 9.59 Å². The van der Waals surface area contributed by atoms with Crippen molar-refractivity contribution in [3.8, 4) is 0 Å². The smallest absolute Gasteiger partial charge is 0.314 e. The van der Waals surface area contributed by atoms with Crippen LogP contribution < -0.4 is 5.32 Å². The van der Waals surface area contributed by atoms with E-state index in [2.05, 4.69) is 5.32 Å². The van der Waals surface area contributed by atoms with E-state index in [0.717, 1.165) is 17.5 Å². The lowest BCUT2D eigenvalue weighted by Crippen LogP contribution is -2.26. The Morgan fingerprint density at radius 3 is 2.28 bits per heavy atom. The van der Waals surface area contributed by atoms with E-state index < -0.39 is 0 Å². The number of aryl methyl sites for hydroxylation is 1. The highest BCUT2D eigenvalue weighted by Gasteiger charge is 2.27. The molecule has 0 aliphatic carbocycles. The molecule has 25 heavy (non-hydrogen) atoms. The van der Waals surface area contributed by atoms with Crippen LogP contribution in [0.15, 0.2) is 54.6 Å². The molecule has 4 nitrogen and oxygen atoms in total. The number of rotatable bonds is 7. The lowest BCUT2D eigenvalue weighted by atomic mass is 9.86. The summed E-state index contributed by atoms with van der Waals surface area (Å²) >= 11 is 0. The summed E-state index contributed by atoms with van der Waals surface area (Å²) in [5.41, 5.74) is 2.72. The summed E-state index contributed by atoms with van der Waals surface area (Å²) in [6.07, 6.45) is 0.851. The second-order valence-corrected chi connectivity index (χ2v) is 6.30. The van der Waals surface area contributed by atoms with Gasteiger partial charge in [-0.25, -0.2) is 0 Å². The molecule has 1 amide bonds. The Kier molecular flexibility index (Phi) is 6.75. The predicted molar refractivity (Wildman–Crippen MR) is 99.4 cm³/mol. The van der Waals surface area contributed by atoms with Gasteiger partial charge >= 0.3 is 5.97 Å². The van der Waals surface area contributed by atoms with Crippen molar-refractivity contribution >= 4 is 17.6 Å². The van der Waals surface area contributed by atoms with E-state index >= 15 is 0 Å². The summed E-state index contributed by atoms with van der Waals surface area (Å²) in [7, 11) is 0. The van der Waals surface area contributed by atoms with Crippen LogP contribution in [0.2, 0.25) is 0 Å². The zero-order valence-corrected chi connectivity index (χ0v) is 15.0. The quantitative estimate of drug-likeness (QED) is 0.765. The van der Waals surface area contributed by atoms with Gasteiger partial charge in [0.1, 0.15) is 0 Å². The minimum Gasteiger partial charge on any atom is -0.455 e. The number of carbonyl (C=O) groups excluding carboxylic acids is 2. The Bertz CT molecular complexity index is 695.